The van der Waals surface area contributed by atoms with Gasteiger partial charge in [-0.25, -0.2) is 0 Å². The van der Waals surface area contributed by atoms with Crippen molar-refractivity contribution in [2.75, 3.05) is 19.6 Å². The topological polar surface area (TPSA) is 69.7 Å². The number of thioether (sulfide) groups is 1. The quantitative estimate of drug-likeness (QED) is 0.486. The number of likely N-dealkylation sites (tertiary alicyclic amines) is 1. The Hall–Kier alpha value is -2.64. The molecular formula is C27H31N3O3S. The minimum Gasteiger partial charge on any atom is -0.322 e. The van der Waals surface area contributed by atoms with Gasteiger partial charge in [-0.1, -0.05) is 36.8 Å². The van der Waals surface area contributed by atoms with Gasteiger partial charge in [0.25, 0.3) is 5.91 Å². The van der Waals surface area contributed by atoms with Crippen LogP contribution in [0.1, 0.15) is 59.2 Å². The zero-order chi connectivity index (χ0) is 23.5. The van der Waals surface area contributed by atoms with Gasteiger partial charge in [0.15, 0.2) is 0 Å². The normalized spacial score (nSPS) is 21.0. The van der Waals surface area contributed by atoms with Crippen molar-refractivity contribution in [2.24, 2.45) is 0 Å². The highest BCUT2D eigenvalue weighted by Gasteiger charge is 2.39. The van der Waals surface area contributed by atoms with E-state index in [1.54, 1.807) is 16.7 Å². The molecule has 1 atom stereocenters. The van der Waals surface area contributed by atoms with Crippen LogP contribution in [0.25, 0.3) is 0 Å². The van der Waals surface area contributed by atoms with Crippen LogP contribution in [0, 0.1) is 0 Å². The van der Waals surface area contributed by atoms with E-state index in [2.05, 4.69) is 40.5 Å². The first kappa shape index (κ1) is 23.1. The van der Waals surface area contributed by atoms with Crippen LogP contribution in [0.3, 0.4) is 0 Å². The Bertz CT molecular complexity index is 1080. The van der Waals surface area contributed by atoms with Gasteiger partial charge in [-0.3, -0.25) is 19.7 Å². The number of rotatable bonds is 7. The van der Waals surface area contributed by atoms with E-state index in [-0.39, 0.29) is 24.1 Å². The first-order valence-corrected chi connectivity index (χ1v) is 13.3. The van der Waals surface area contributed by atoms with E-state index in [1.165, 1.54) is 43.5 Å². The summed E-state index contributed by atoms with van der Waals surface area (Å²) in [4.78, 5) is 42.1. The molecule has 3 amide bonds. The molecule has 2 aromatic rings. The molecule has 7 heteroatoms. The van der Waals surface area contributed by atoms with E-state index < -0.39 is 6.04 Å². The summed E-state index contributed by atoms with van der Waals surface area (Å²) >= 11 is 1.73. The summed E-state index contributed by atoms with van der Waals surface area (Å²) in [6.45, 7) is 4.03. The van der Waals surface area contributed by atoms with Crippen molar-refractivity contribution in [1.82, 2.24) is 15.1 Å². The van der Waals surface area contributed by atoms with Crippen LogP contribution in [0.15, 0.2) is 47.4 Å². The van der Waals surface area contributed by atoms with Gasteiger partial charge in [-0.15, -0.1) is 11.8 Å². The molecule has 2 aromatic carbocycles. The largest absolute Gasteiger partial charge is 0.322 e. The number of nitrogens with one attached hydrogen (secondary N) is 1. The van der Waals surface area contributed by atoms with Crippen molar-refractivity contribution in [3.05, 3.63) is 64.7 Å². The van der Waals surface area contributed by atoms with Crippen molar-refractivity contribution in [2.45, 2.75) is 61.8 Å². The van der Waals surface area contributed by atoms with Gasteiger partial charge in [0.1, 0.15) is 6.04 Å². The van der Waals surface area contributed by atoms with Crippen LogP contribution in [0.2, 0.25) is 0 Å². The number of benzene rings is 2. The average molecular weight is 478 g/mol. The molecule has 0 spiro atoms. The van der Waals surface area contributed by atoms with Gasteiger partial charge in [-0.05, 0) is 67.6 Å². The number of hydrogen-bond donors (Lipinski definition) is 1. The van der Waals surface area contributed by atoms with Crippen molar-refractivity contribution < 1.29 is 14.4 Å². The van der Waals surface area contributed by atoms with Crippen LogP contribution in [-0.4, -0.2) is 53.2 Å². The van der Waals surface area contributed by atoms with Crippen LogP contribution in [0.4, 0.5) is 0 Å². The molecule has 3 heterocycles. The minimum absolute atomic E-state index is 0.120. The zero-order valence-electron chi connectivity index (χ0n) is 19.4. The van der Waals surface area contributed by atoms with Crippen molar-refractivity contribution in [3.8, 4) is 0 Å². The van der Waals surface area contributed by atoms with Crippen LogP contribution >= 0.6 is 11.8 Å². The van der Waals surface area contributed by atoms with E-state index in [9.17, 15) is 14.4 Å². The number of hydrogen-bond acceptors (Lipinski definition) is 5. The second-order valence-corrected chi connectivity index (χ2v) is 10.5. The van der Waals surface area contributed by atoms with Crippen molar-refractivity contribution >= 4 is 29.5 Å². The molecule has 6 nitrogen and oxygen atoms in total. The molecule has 3 aliphatic heterocycles. The Morgan fingerprint density at radius 3 is 2.47 bits per heavy atom. The van der Waals surface area contributed by atoms with E-state index in [1.807, 2.05) is 12.1 Å². The highest BCUT2D eigenvalue weighted by atomic mass is 32.2. The van der Waals surface area contributed by atoms with E-state index >= 15 is 0 Å². The maximum absolute atomic E-state index is 13.0. The Morgan fingerprint density at radius 1 is 0.941 bits per heavy atom. The Labute approximate surface area is 205 Å². The first-order chi connectivity index (χ1) is 16.6. The summed E-state index contributed by atoms with van der Waals surface area (Å²) in [5, 5.41) is 2.37. The van der Waals surface area contributed by atoms with Gasteiger partial charge < -0.3 is 9.80 Å². The fourth-order valence-corrected chi connectivity index (χ4v) is 6.16. The summed E-state index contributed by atoms with van der Waals surface area (Å²) in [7, 11) is 0. The number of nitrogens with zero attached hydrogens (tertiary/aromatic N) is 2. The lowest BCUT2D eigenvalue weighted by molar-refractivity contribution is -0.136. The van der Waals surface area contributed by atoms with Gasteiger partial charge >= 0.3 is 0 Å². The Kier molecular flexibility index (Phi) is 7.02. The maximum Gasteiger partial charge on any atom is 0.255 e. The second-order valence-electron chi connectivity index (χ2n) is 9.44. The summed E-state index contributed by atoms with van der Waals surface area (Å²) < 4.78 is 0. The van der Waals surface area contributed by atoms with Crippen LogP contribution in [0.5, 0.6) is 0 Å². The van der Waals surface area contributed by atoms with Gasteiger partial charge in [0.05, 0.1) is 0 Å². The average Bonchev–Trinajstić information content (AvgIpc) is 3.19. The molecule has 2 saturated heterocycles. The molecule has 178 valence electrons. The molecule has 1 unspecified atom stereocenters. The molecule has 0 saturated carbocycles. The lowest BCUT2D eigenvalue weighted by atomic mass is 10.0. The predicted octanol–water partition coefficient (Wildman–Crippen LogP) is 3.77. The SMILES string of the molecule is O=C1CCC(N2Cc3c(SCc4ccc(CCN5CCCCC5)cc4)cccc3C2=O)C(=O)N1. The van der Waals surface area contributed by atoms with E-state index in [0.29, 0.717) is 18.5 Å². The molecule has 2 fully saturated rings. The first-order valence-electron chi connectivity index (χ1n) is 12.3. The Morgan fingerprint density at radius 2 is 1.71 bits per heavy atom. The molecule has 3 aliphatic rings. The minimum atomic E-state index is -0.576. The molecular weight excluding hydrogens is 446 g/mol. The number of imide groups is 1. The molecule has 1 N–H and O–H groups in total. The lowest BCUT2D eigenvalue weighted by Gasteiger charge is -2.29. The van der Waals surface area contributed by atoms with Gasteiger partial charge in [0.2, 0.25) is 11.8 Å². The predicted molar refractivity (Wildman–Crippen MR) is 132 cm³/mol. The standard InChI is InChI=1S/C27H31N3O3S/c31-25-12-11-23(26(32)28-25)30-17-22-21(27(30)33)5-4-6-24(22)34-18-20-9-7-19(8-10-20)13-16-29-14-2-1-3-15-29/h4-10,23H,1-3,11-18H2,(H,28,31,32). The highest BCUT2D eigenvalue weighted by Crippen LogP contribution is 2.35. The molecule has 34 heavy (non-hydrogen) atoms. The smallest absolute Gasteiger partial charge is 0.255 e. The van der Waals surface area contributed by atoms with Gasteiger partial charge in [0, 0.05) is 35.7 Å². The van der Waals surface area contributed by atoms with Crippen LogP contribution < -0.4 is 5.32 Å². The van der Waals surface area contributed by atoms with Crippen LogP contribution in [-0.2, 0) is 28.3 Å². The molecule has 0 radical (unpaired) electrons. The van der Waals surface area contributed by atoms with Gasteiger partial charge in [-0.2, -0.15) is 0 Å². The fraction of sp³-hybridized carbons (Fsp3) is 0.444. The number of amides is 3. The van der Waals surface area contributed by atoms with E-state index in [0.717, 1.165) is 29.2 Å². The molecule has 0 aliphatic carbocycles. The molecule has 0 aromatic heterocycles. The summed E-state index contributed by atoms with van der Waals surface area (Å²) in [5.74, 6) is 0.0753. The van der Waals surface area contributed by atoms with Crippen molar-refractivity contribution in [1.29, 1.82) is 0 Å². The lowest BCUT2D eigenvalue weighted by Crippen LogP contribution is -2.52. The third-order valence-corrected chi connectivity index (χ3v) is 8.29. The maximum atomic E-state index is 13.0. The number of fused-ring (bicyclic) bond motifs is 1. The zero-order valence-corrected chi connectivity index (χ0v) is 20.2. The molecule has 5 rings (SSSR count). The highest BCUT2D eigenvalue weighted by molar-refractivity contribution is 7.98. The van der Waals surface area contributed by atoms with Crippen molar-refractivity contribution in [3.63, 3.8) is 0 Å². The molecule has 0 bridgehead atoms. The number of carbonyl (C=O) groups excluding carboxylic acids is 3. The third kappa shape index (κ3) is 5.05. The summed E-state index contributed by atoms with van der Waals surface area (Å²) in [6.07, 6.45) is 5.78. The fourth-order valence-electron chi connectivity index (χ4n) is 5.13. The summed E-state index contributed by atoms with van der Waals surface area (Å²) in [5.41, 5.74) is 4.30. The monoisotopic (exact) mass is 477 g/mol. The third-order valence-electron chi connectivity index (χ3n) is 7.12. The van der Waals surface area contributed by atoms with E-state index in [4.69, 9.17) is 0 Å². The second kappa shape index (κ2) is 10.3. The number of carbonyl (C=O) groups is 3. The Balaban J connectivity index is 1.19. The summed E-state index contributed by atoms with van der Waals surface area (Å²) in [6, 6.07) is 14.1. The number of piperidine rings is 2.